The second kappa shape index (κ2) is 6.73. The van der Waals surface area contributed by atoms with E-state index in [1.807, 2.05) is 18.2 Å². The summed E-state index contributed by atoms with van der Waals surface area (Å²) >= 11 is 1.59. The van der Waals surface area contributed by atoms with Crippen LogP contribution in [-0.2, 0) is 0 Å². The first kappa shape index (κ1) is 15.9. The molecule has 0 saturated heterocycles. The van der Waals surface area contributed by atoms with Crippen LogP contribution in [0.25, 0.3) is 5.70 Å². The molecule has 124 valence electrons. The van der Waals surface area contributed by atoms with Crippen molar-refractivity contribution in [2.24, 2.45) is 0 Å². The number of fused-ring (bicyclic) bond motifs is 1. The van der Waals surface area contributed by atoms with Gasteiger partial charge in [0.1, 0.15) is 11.6 Å². The third kappa shape index (κ3) is 3.44. The molecule has 0 spiro atoms. The summed E-state index contributed by atoms with van der Waals surface area (Å²) in [4.78, 5) is 0.849. The van der Waals surface area contributed by atoms with Crippen molar-refractivity contribution in [2.75, 3.05) is 5.32 Å². The molecule has 1 unspecified atom stereocenters. The van der Waals surface area contributed by atoms with Crippen LogP contribution in [0.3, 0.4) is 0 Å². The van der Waals surface area contributed by atoms with E-state index >= 15 is 0 Å². The van der Waals surface area contributed by atoms with Gasteiger partial charge in [-0.15, -0.1) is 11.8 Å². The van der Waals surface area contributed by atoms with Gasteiger partial charge in [-0.05, 0) is 47.5 Å². The third-order valence-corrected chi connectivity index (χ3v) is 5.32. The number of anilines is 1. The van der Waals surface area contributed by atoms with E-state index in [1.54, 1.807) is 36.0 Å². The zero-order valence-corrected chi connectivity index (χ0v) is 14.1. The van der Waals surface area contributed by atoms with Gasteiger partial charge >= 0.3 is 0 Å². The van der Waals surface area contributed by atoms with E-state index in [0.29, 0.717) is 0 Å². The topological polar surface area (TPSA) is 12.0 Å². The van der Waals surface area contributed by atoms with Crippen LogP contribution in [0.1, 0.15) is 16.4 Å². The van der Waals surface area contributed by atoms with E-state index in [-0.39, 0.29) is 16.9 Å². The molecule has 0 aromatic heterocycles. The number of benzene rings is 3. The SMILES string of the molecule is Fc1ccc(C2=CC(c3ccccc3)Sc3cc(F)ccc3N2)cc1. The number of hydrogen-bond donors (Lipinski definition) is 1. The summed E-state index contributed by atoms with van der Waals surface area (Å²) in [6.07, 6.45) is 2.10. The van der Waals surface area contributed by atoms with Gasteiger partial charge in [0.05, 0.1) is 10.9 Å². The number of nitrogens with one attached hydrogen (secondary N) is 1. The predicted molar refractivity (Wildman–Crippen MR) is 99.4 cm³/mol. The largest absolute Gasteiger partial charge is 0.354 e. The van der Waals surface area contributed by atoms with Gasteiger partial charge in [-0.2, -0.15) is 0 Å². The van der Waals surface area contributed by atoms with Crippen molar-refractivity contribution in [3.05, 3.63) is 102 Å². The second-order valence-electron chi connectivity index (χ2n) is 5.80. The van der Waals surface area contributed by atoms with Gasteiger partial charge in [0.25, 0.3) is 0 Å². The van der Waals surface area contributed by atoms with Gasteiger partial charge in [-0.1, -0.05) is 42.5 Å². The van der Waals surface area contributed by atoms with E-state index in [0.717, 1.165) is 27.4 Å². The van der Waals surface area contributed by atoms with Gasteiger partial charge in [0.2, 0.25) is 0 Å². The van der Waals surface area contributed by atoms with Crippen LogP contribution in [-0.4, -0.2) is 0 Å². The first-order valence-electron chi connectivity index (χ1n) is 7.95. The number of halogens is 2. The summed E-state index contributed by atoms with van der Waals surface area (Å²) in [6, 6.07) is 21.2. The minimum absolute atomic E-state index is 0.0248. The Hall–Kier alpha value is -2.59. The van der Waals surface area contributed by atoms with Crippen LogP contribution >= 0.6 is 11.8 Å². The molecular formula is C21H15F2NS. The zero-order chi connectivity index (χ0) is 17.2. The molecule has 0 saturated carbocycles. The van der Waals surface area contributed by atoms with Crippen molar-refractivity contribution in [1.29, 1.82) is 0 Å². The molecule has 0 bridgehead atoms. The molecule has 3 aromatic carbocycles. The Morgan fingerprint density at radius 3 is 2.28 bits per heavy atom. The number of hydrogen-bond acceptors (Lipinski definition) is 2. The van der Waals surface area contributed by atoms with Crippen LogP contribution < -0.4 is 5.32 Å². The summed E-state index contributed by atoms with van der Waals surface area (Å²) in [6.45, 7) is 0. The highest BCUT2D eigenvalue weighted by atomic mass is 32.2. The molecule has 1 heterocycles. The van der Waals surface area contributed by atoms with Crippen molar-refractivity contribution in [3.8, 4) is 0 Å². The first-order valence-corrected chi connectivity index (χ1v) is 8.83. The maximum absolute atomic E-state index is 13.7. The highest BCUT2D eigenvalue weighted by Gasteiger charge is 2.20. The van der Waals surface area contributed by atoms with Crippen molar-refractivity contribution in [2.45, 2.75) is 10.1 Å². The van der Waals surface area contributed by atoms with E-state index in [4.69, 9.17) is 0 Å². The molecule has 1 aliphatic rings. The molecule has 25 heavy (non-hydrogen) atoms. The highest BCUT2D eigenvalue weighted by Crippen LogP contribution is 2.44. The number of rotatable bonds is 2. The molecule has 1 aliphatic heterocycles. The molecule has 4 heteroatoms. The fourth-order valence-corrected chi connectivity index (χ4v) is 4.01. The Balaban J connectivity index is 1.82. The summed E-state index contributed by atoms with van der Waals surface area (Å²) in [7, 11) is 0. The predicted octanol–water partition coefficient (Wildman–Crippen LogP) is 6.26. The summed E-state index contributed by atoms with van der Waals surface area (Å²) < 4.78 is 27.0. The average Bonchev–Trinajstić information content (AvgIpc) is 2.82. The Morgan fingerprint density at radius 1 is 0.800 bits per heavy atom. The monoisotopic (exact) mass is 351 g/mol. The van der Waals surface area contributed by atoms with Crippen molar-refractivity contribution < 1.29 is 8.78 Å². The highest BCUT2D eigenvalue weighted by molar-refractivity contribution is 7.99. The van der Waals surface area contributed by atoms with Crippen molar-refractivity contribution in [1.82, 2.24) is 0 Å². The van der Waals surface area contributed by atoms with Gasteiger partial charge in [-0.25, -0.2) is 8.78 Å². The van der Waals surface area contributed by atoms with Crippen LogP contribution in [0.4, 0.5) is 14.5 Å². The van der Waals surface area contributed by atoms with Gasteiger partial charge < -0.3 is 5.32 Å². The van der Waals surface area contributed by atoms with Crippen LogP contribution in [0.5, 0.6) is 0 Å². The molecule has 0 aliphatic carbocycles. The Kier molecular flexibility index (Phi) is 4.28. The molecule has 1 nitrogen and oxygen atoms in total. The number of thioether (sulfide) groups is 1. The first-order chi connectivity index (χ1) is 12.2. The lowest BCUT2D eigenvalue weighted by Gasteiger charge is -2.12. The van der Waals surface area contributed by atoms with Crippen LogP contribution in [0.2, 0.25) is 0 Å². The fourth-order valence-electron chi connectivity index (χ4n) is 2.81. The zero-order valence-electron chi connectivity index (χ0n) is 13.2. The van der Waals surface area contributed by atoms with Crippen molar-refractivity contribution >= 4 is 23.1 Å². The average molecular weight is 351 g/mol. The van der Waals surface area contributed by atoms with E-state index < -0.39 is 0 Å². The summed E-state index contributed by atoms with van der Waals surface area (Å²) in [5, 5.41) is 3.40. The van der Waals surface area contributed by atoms with Gasteiger partial charge in [-0.3, -0.25) is 0 Å². The molecule has 4 rings (SSSR count). The lowest BCUT2D eigenvalue weighted by Crippen LogP contribution is -1.99. The minimum Gasteiger partial charge on any atom is -0.354 e. The van der Waals surface area contributed by atoms with E-state index in [1.165, 1.54) is 18.2 Å². The van der Waals surface area contributed by atoms with E-state index in [2.05, 4.69) is 23.5 Å². The van der Waals surface area contributed by atoms with Gasteiger partial charge in [0, 0.05) is 10.6 Å². The smallest absolute Gasteiger partial charge is 0.124 e. The Morgan fingerprint density at radius 2 is 1.52 bits per heavy atom. The molecule has 0 radical (unpaired) electrons. The Labute approximate surface area is 149 Å². The minimum atomic E-state index is -0.269. The van der Waals surface area contributed by atoms with Crippen LogP contribution in [0, 0.1) is 11.6 Å². The maximum atomic E-state index is 13.7. The van der Waals surface area contributed by atoms with Gasteiger partial charge in [0.15, 0.2) is 0 Å². The normalized spacial score (nSPS) is 16.4. The standard InChI is InChI=1S/C21H15F2NS/c22-16-8-6-14(7-9-16)19-13-20(15-4-2-1-3-5-15)25-21-12-17(23)10-11-18(21)24-19/h1-13,20,24H. The molecular weight excluding hydrogens is 336 g/mol. The quantitative estimate of drug-likeness (QED) is 0.584. The summed E-state index contributed by atoms with van der Waals surface area (Å²) in [5.74, 6) is -0.528. The molecule has 1 N–H and O–H groups in total. The van der Waals surface area contributed by atoms with E-state index in [9.17, 15) is 8.78 Å². The molecule has 3 aromatic rings. The summed E-state index contributed by atoms with van der Waals surface area (Å²) in [5.41, 5.74) is 3.75. The lowest BCUT2D eigenvalue weighted by atomic mass is 10.1. The molecule has 0 amide bonds. The molecule has 0 fully saturated rings. The Bertz CT molecular complexity index is 920. The molecule has 1 atom stereocenters. The maximum Gasteiger partial charge on any atom is 0.124 e. The third-order valence-electron chi connectivity index (χ3n) is 4.07. The van der Waals surface area contributed by atoms with Crippen molar-refractivity contribution in [3.63, 3.8) is 0 Å². The fraction of sp³-hybridized carbons (Fsp3) is 0.0476. The second-order valence-corrected chi connectivity index (χ2v) is 6.99. The lowest BCUT2D eigenvalue weighted by molar-refractivity contribution is 0.624. The van der Waals surface area contributed by atoms with Crippen LogP contribution in [0.15, 0.2) is 83.8 Å².